The van der Waals surface area contributed by atoms with E-state index in [1.165, 1.54) is 0 Å². The van der Waals surface area contributed by atoms with Crippen LogP contribution in [0.5, 0.6) is 11.5 Å². The zero-order valence-electron chi connectivity index (χ0n) is 17.4. The Morgan fingerprint density at radius 1 is 0.714 bits per heavy atom. The average Bonchev–Trinajstić information content (AvgIpc) is 2.58. The van der Waals surface area contributed by atoms with Crippen molar-refractivity contribution < 1.29 is 30.0 Å². The van der Waals surface area contributed by atoms with Gasteiger partial charge in [0, 0.05) is 0 Å². The van der Waals surface area contributed by atoms with Gasteiger partial charge in [0.05, 0.1) is 10.8 Å². The van der Waals surface area contributed by atoms with Crippen LogP contribution < -0.4 is 0 Å². The molecular weight excluding hydrogens is 360 g/mol. The topological polar surface area (TPSA) is 115 Å². The van der Waals surface area contributed by atoms with Crippen LogP contribution in [0.3, 0.4) is 0 Å². The molecule has 158 valence electrons. The summed E-state index contributed by atoms with van der Waals surface area (Å²) < 4.78 is 0. The largest absolute Gasteiger partial charge is 0.504 e. The van der Waals surface area contributed by atoms with Gasteiger partial charge in [0.1, 0.15) is 0 Å². The molecule has 0 saturated carbocycles. The van der Waals surface area contributed by atoms with Crippen LogP contribution in [0.4, 0.5) is 0 Å². The van der Waals surface area contributed by atoms with Crippen molar-refractivity contribution in [3.8, 4) is 11.5 Å². The predicted octanol–water partition coefficient (Wildman–Crippen LogP) is 4.75. The summed E-state index contributed by atoms with van der Waals surface area (Å²) in [7, 11) is 0. The second kappa shape index (κ2) is 9.80. The van der Waals surface area contributed by atoms with Gasteiger partial charge in [-0.1, -0.05) is 12.8 Å². The van der Waals surface area contributed by atoms with Crippen LogP contribution in [0.1, 0.15) is 77.3 Å². The van der Waals surface area contributed by atoms with Crippen LogP contribution in [0.2, 0.25) is 0 Å². The van der Waals surface area contributed by atoms with E-state index in [1.807, 2.05) is 0 Å². The van der Waals surface area contributed by atoms with Crippen molar-refractivity contribution in [2.75, 3.05) is 0 Å². The molecular formula is C22H34O6. The highest BCUT2D eigenvalue weighted by Crippen LogP contribution is 2.32. The van der Waals surface area contributed by atoms with Gasteiger partial charge in [-0.2, -0.15) is 0 Å². The maximum atomic E-state index is 11.2. The maximum absolute atomic E-state index is 11.2. The molecule has 0 saturated heterocycles. The lowest BCUT2D eigenvalue weighted by atomic mass is 9.85. The number of carboxylic acid groups (broad SMARTS) is 2. The lowest BCUT2D eigenvalue weighted by Gasteiger charge is -2.19. The van der Waals surface area contributed by atoms with E-state index in [9.17, 15) is 30.0 Å². The molecule has 28 heavy (non-hydrogen) atoms. The van der Waals surface area contributed by atoms with Crippen LogP contribution >= 0.6 is 0 Å². The number of hydrogen-bond donors (Lipinski definition) is 4. The molecule has 0 fully saturated rings. The summed E-state index contributed by atoms with van der Waals surface area (Å²) in [5, 5.41) is 38.0. The molecule has 0 amide bonds. The molecule has 0 unspecified atom stereocenters. The second-order valence-corrected chi connectivity index (χ2v) is 8.90. The zero-order valence-corrected chi connectivity index (χ0v) is 17.4. The number of carboxylic acids is 2. The summed E-state index contributed by atoms with van der Waals surface area (Å²) in [6.07, 6.45) is 5.64. The third-order valence-electron chi connectivity index (χ3n) is 5.45. The SMILES string of the molecule is CC(C)(CCCCc1cc(O)c(O)cc1CCCCC(C)(C)C(=O)O)C(=O)O. The molecule has 4 N–H and O–H groups in total. The number of aryl methyl sites for hydroxylation is 2. The van der Waals surface area contributed by atoms with E-state index in [0.717, 1.165) is 36.8 Å². The highest BCUT2D eigenvalue weighted by Gasteiger charge is 2.27. The number of carbonyl (C=O) groups is 2. The molecule has 0 spiro atoms. The van der Waals surface area contributed by atoms with Crippen molar-refractivity contribution >= 4 is 11.9 Å². The minimum Gasteiger partial charge on any atom is -0.504 e. The molecule has 1 aromatic carbocycles. The lowest BCUT2D eigenvalue weighted by molar-refractivity contribution is -0.148. The van der Waals surface area contributed by atoms with Gasteiger partial charge in [-0.3, -0.25) is 9.59 Å². The Balaban J connectivity index is 2.65. The molecule has 1 rings (SSSR count). The van der Waals surface area contributed by atoms with Crippen molar-refractivity contribution in [2.45, 2.75) is 79.1 Å². The van der Waals surface area contributed by atoms with Crippen molar-refractivity contribution in [1.29, 1.82) is 0 Å². The molecule has 0 heterocycles. The van der Waals surface area contributed by atoms with Gasteiger partial charge in [0.25, 0.3) is 0 Å². The lowest BCUT2D eigenvalue weighted by Crippen LogP contribution is -2.23. The van der Waals surface area contributed by atoms with Crippen LogP contribution in [0.15, 0.2) is 12.1 Å². The molecule has 1 aromatic rings. The molecule has 6 heteroatoms. The zero-order chi connectivity index (χ0) is 21.5. The van der Waals surface area contributed by atoms with Crippen molar-refractivity contribution in [1.82, 2.24) is 0 Å². The number of phenols is 2. The predicted molar refractivity (Wildman–Crippen MR) is 108 cm³/mol. The first-order chi connectivity index (χ1) is 12.9. The number of aromatic hydroxyl groups is 2. The molecule has 0 aromatic heterocycles. The smallest absolute Gasteiger partial charge is 0.309 e. The normalized spacial score (nSPS) is 12.1. The summed E-state index contributed by atoms with van der Waals surface area (Å²) in [5.74, 6) is -1.92. The fourth-order valence-corrected chi connectivity index (χ4v) is 3.11. The van der Waals surface area contributed by atoms with E-state index < -0.39 is 22.8 Å². The number of phenolic OH excluding ortho intramolecular Hbond substituents is 2. The number of rotatable bonds is 12. The Kier molecular flexibility index (Phi) is 8.33. The highest BCUT2D eigenvalue weighted by molar-refractivity contribution is 5.73. The van der Waals surface area contributed by atoms with Crippen LogP contribution in [0.25, 0.3) is 0 Å². The van der Waals surface area contributed by atoms with Gasteiger partial charge in [-0.05, 0) is 89.5 Å². The Morgan fingerprint density at radius 3 is 1.32 bits per heavy atom. The van der Waals surface area contributed by atoms with Gasteiger partial charge < -0.3 is 20.4 Å². The van der Waals surface area contributed by atoms with E-state index in [1.54, 1.807) is 39.8 Å². The molecule has 0 aliphatic carbocycles. The van der Waals surface area contributed by atoms with Crippen LogP contribution in [-0.2, 0) is 22.4 Å². The summed E-state index contributed by atoms with van der Waals surface area (Å²) in [4.78, 5) is 22.4. The van der Waals surface area contributed by atoms with Gasteiger partial charge >= 0.3 is 11.9 Å². The summed E-state index contributed by atoms with van der Waals surface area (Å²) in [5.41, 5.74) is 0.384. The molecule has 6 nitrogen and oxygen atoms in total. The van der Waals surface area contributed by atoms with Gasteiger partial charge in [0.15, 0.2) is 11.5 Å². The first-order valence-electron chi connectivity index (χ1n) is 9.87. The van der Waals surface area contributed by atoms with E-state index in [4.69, 9.17) is 0 Å². The molecule has 0 atom stereocenters. The van der Waals surface area contributed by atoms with Crippen molar-refractivity contribution in [2.24, 2.45) is 10.8 Å². The van der Waals surface area contributed by atoms with Gasteiger partial charge in [0.2, 0.25) is 0 Å². The fraction of sp³-hybridized carbons (Fsp3) is 0.636. The molecule has 0 bridgehead atoms. The summed E-state index contributed by atoms with van der Waals surface area (Å²) >= 11 is 0. The number of benzene rings is 1. The third kappa shape index (κ3) is 7.06. The highest BCUT2D eigenvalue weighted by atomic mass is 16.4. The number of hydrogen-bond acceptors (Lipinski definition) is 4. The van der Waals surface area contributed by atoms with Crippen LogP contribution in [-0.4, -0.2) is 32.4 Å². The van der Waals surface area contributed by atoms with E-state index in [-0.39, 0.29) is 11.5 Å². The standard InChI is InChI=1S/C22H34O6/c1-21(2,19(25)26)11-7-5-9-15-13-17(23)18(24)14-16(15)10-6-8-12-22(3,4)20(27)28/h13-14,23-24H,5-12H2,1-4H3,(H,25,26)(H,27,28). The second-order valence-electron chi connectivity index (χ2n) is 8.90. The minimum absolute atomic E-state index is 0.156. The van der Waals surface area contributed by atoms with Crippen LogP contribution in [0, 0.1) is 10.8 Å². The minimum atomic E-state index is -0.806. The fourth-order valence-electron chi connectivity index (χ4n) is 3.11. The van der Waals surface area contributed by atoms with E-state index in [2.05, 4.69) is 0 Å². The Hall–Kier alpha value is -2.24. The van der Waals surface area contributed by atoms with E-state index >= 15 is 0 Å². The van der Waals surface area contributed by atoms with Gasteiger partial charge in [-0.25, -0.2) is 0 Å². The summed E-state index contributed by atoms with van der Waals surface area (Å²) in [6.45, 7) is 6.86. The quantitative estimate of drug-likeness (QED) is 0.300. The average molecular weight is 395 g/mol. The molecule has 0 radical (unpaired) electrons. The first kappa shape index (κ1) is 23.8. The first-order valence-corrected chi connectivity index (χ1v) is 9.87. The molecule has 0 aliphatic rings. The Labute approximate surface area is 167 Å². The number of unbranched alkanes of at least 4 members (excludes halogenated alkanes) is 2. The number of aliphatic carboxylic acids is 2. The van der Waals surface area contributed by atoms with E-state index in [0.29, 0.717) is 25.7 Å². The Morgan fingerprint density at radius 2 is 1.04 bits per heavy atom. The van der Waals surface area contributed by atoms with Crippen molar-refractivity contribution in [3.63, 3.8) is 0 Å². The maximum Gasteiger partial charge on any atom is 0.309 e. The third-order valence-corrected chi connectivity index (χ3v) is 5.45. The summed E-state index contributed by atoms with van der Waals surface area (Å²) in [6, 6.07) is 3.16. The van der Waals surface area contributed by atoms with Crippen molar-refractivity contribution in [3.05, 3.63) is 23.3 Å². The van der Waals surface area contributed by atoms with Gasteiger partial charge in [-0.15, -0.1) is 0 Å². The monoisotopic (exact) mass is 394 g/mol. The molecule has 0 aliphatic heterocycles. The Bertz CT molecular complexity index is 632.